The predicted molar refractivity (Wildman–Crippen MR) is 101 cm³/mol. The molecule has 1 saturated heterocycles. The molecule has 134 valence electrons. The number of methoxy groups -OCH3 is 1. The highest BCUT2D eigenvalue weighted by Crippen LogP contribution is 2.21. The maximum atomic E-state index is 12.5. The second kappa shape index (κ2) is 10.4. The minimum atomic E-state index is 0. The van der Waals surface area contributed by atoms with E-state index in [0.717, 1.165) is 49.4 Å². The molecule has 1 atom stereocenters. The van der Waals surface area contributed by atoms with Crippen LogP contribution >= 0.6 is 12.4 Å². The number of nitrogens with zero attached hydrogens (tertiary/aromatic N) is 1. The first-order valence-corrected chi connectivity index (χ1v) is 8.36. The van der Waals surface area contributed by atoms with Crippen molar-refractivity contribution in [2.45, 2.75) is 26.2 Å². The molecule has 1 amide bonds. The molecule has 5 heteroatoms. The number of allylic oxidation sites excluding steroid dienone is 1. The van der Waals surface area contributed by atoms with Crippen LogP contribution in [0.2, 0.25) is 0 Å². The fraction of sp³-hybridized carbons (Fsp3) is 0.526. The number of piperidine rings is 1. The summed E-state index contributed by atoms with van der Waals surface area (Å²) in [6, 6.07) is 7.96. The molecular formula is C19H29ClN2O2. The van der Waals surface area contributed by atoms with E-state index in [1.165, 1.54) is 6.42 Å². The average Bonchev–Trinajstić information content (AvgIpc) is 2.56. The van der Waals surface area contributed by atoms with E-state index in [2.05, 4.69) is 5.32 Å². The lowest BCUT2D eigenvalue weighted by atomic mass is 9.97. The van der Waals surface area contributed by atoms with Crippen molar-refractivity contribution >= 4 is 18.3 Å². The van der Waals surface area contributed by atoms with Crippen molar-refractivity contribution in [3.05, 3.63) is 41.5 Å². The smallest absolute Gasteiger partial charge is 0.246 e. The Morgan fingerprint density at radius 2 is 2.17 bits per heavy atom. The maximum Gasteiger partial charge on any atom is 0.246 e. The van der Waals surface area contributed by atoms with Gasteiger partial charge >= 0.3 is 0 Å². The van der Waals surface area contributed by atoms with Crippen molar-refractivity contribution in [2.24, 2.45) is 5.92 Å². The molecular weight excluding hydrogens is 324 g/mol. The molecule has 1 unspecified atom stereocenters. The molecule has 0 aliphatic carbocycles. The standard InChI is InChI=1S/C19H28N2O2.ClH/c1-15(11-17-8-4-5-9-18(17)23-3)12-19(22)21-10-6-7-16(14-21)13-20-2;/h4-5,8-9,12,16,20H,6-7,10-11,13-14H2,1-3H3;1H. The summed E-state index contributed by atoms with van der Waals surface area (Å²) < 4.78 is 5.38. The molecule has 1 heterocycles. The highest BCUT2D eigenvalue weighted by atomic mass is 35.5. The summed E-state index contributed by atoms with van der Waals surface area (Å²) in [5, 5.41) is 3.22. The van der Waals surface area contributed by atoms with Crippen molar-refractivity contribution < 1.29 is 9.53 Å². The highest BCUT2D eigenvalue weighted by Gasteiger charge is 2.22. The third-order valence-corrected chi connectivity index (χ3v) is 4.36. The summed E-state index contributed by atoms with van der Waals surface area (Å²) in [5.74, 6) is 1.58. The summed E-state index contributed by atoms with van der Waals surface area (Å²) in [6.07, 6.45) is 4.82. The number of benzene rings is 1. The van der Waals surface area contributed by atoms with Crippen LogP contribution in [0.4, 0.5) is 0 Å². The van der Waals surface area contributed by atoms with Crippen LogP contribution in [0.5, 0.6) is 5.75 Å². The van der Waals surface area contributed by atoms with Gasteiger partial charge in [0.1, 0.15) is 5.75 Å². The quantitative estimate of drug-likeness (QED) is 0.800. The van der Waals surface area contributed by atoms with E-state index >= 15 is 0 Å². The lowest BCUT2D eigenvalue weighted by Crippen LogP contribution is -2.41. The van der Waals surface area contributed by atoms with Gasteiger partial charge in [-0.15, -0.1) is 12.4 Å². The molecule has 1 aromatic rings. The number of nitrogens with one attached hydrogen (secondary N) is 1. The van der Waals surface area contributed by atoms with Crippen LogP contribution in [-0.2, 0) is 11.2 Å². The number of carbonyl (C=O) groups is 1. The SMILES string of the molecule is CNCC1CCCN(C(=O)C=C(C)Cc2ccccc2OC)C1.Cl. The Hall–Kier alpha value is -1.52. The number of ether oxygens (including phenoxy) is 1. The second-order valence-corrected chi connectivity index (χ2v) is 6.33. The average molecular weight is 353 g/mol. The van der Waals surface area contributed by atoms with Crippen molar-refractivity contribution in [3.8, 4) is 5.75 Å². The van der Waals surface area contributed by atoms with E-state index in [-0.39, 0.29) is 18.3 Å². The van der Waals surface area contributed by atoms with Gasteiger partial charge < -0.3 is 15.0 Å². The lowest BCUT2D eigenvalue weighted by Gasteiger charge is -2.32. The number of para-hydroxylation sites is 1. The van der Waals surface area contributed by atoms with Gasteiger partial charge in [0.05, 0.1) is 7.11 Å². The van der Waals surface area contributed by atoms with Crippen LogP contribution in [0.1, 0.15) is 25.3 Å². The molecule has 0 saturated carbocycles. The zero-order chi connectivity index (χ0) is 16.7. The molecule has 24 heavy (non-hydrogen) atoms. The monoisotopic (exact) mass is 352 g/mol. The molecule has 2 rings (SSSR count). The molecule has 0 spiro atoms. The summed E-state index contributed by atoms with van der Waals surface area (Å²) in [6.45, 7) is 4.72. The fourth-order valence-corrected chi connectivity index (χ4v) is 3.22. The van der Waals surface area contributed by atoms with E-state index in [9.17, 15) is 4.79 Å². The fourth-order valence-electron chi connectivity index (χ4n) is 3.22. The van der Waals surface area contributed by atoms with Crippen LogP contribution in [0.15, 0.2) is 35.9 Å². The zero-order valence-corrected chi connectivity index (χ0v) is 15.7. The Morgan fingerprint density at radius 1 is 1.42 bits per heavy atom. The number of hydrogen-bond acceptors (Lipinski definition) is 3. The van der Waals surface area contributed by atoms with E-state index in [0.29, 0.717) is 5.92 Å². The normalized spacial score (nSPS) is 18.0. The zero-order valence-electron chi connectivity index (χ0n) is 14.9. The number of amides is 1. The first-order valence-electron chi connectivity index (χ1n) is 8.36. The van der Waals surface area contributed by atoms with Crippen LogP contribution in [0.25, 0.3) is 0 Å². The Morgan fingerprint density at radius 3 is 2.88 bits per heavy atom. The van der Waals surface area contributed by atoms with Crippen molar-refractivity contribution in [2.75, 3.05) is 33.8 Å². The number of hydrogen-bond donors (Lipinski definition) is 1. The Bertz CT molecular complexity index is 558. The minimum Gasteiger partial charge on any atom is -0.496 e. The predicted octanol–water partition coefficient (Wildman–Crippen LogP) is 3.06. The Labute approximate surface area is 151 Å². The van der Waals surface area contributed by atoms with Gasteiger partial charge in [-0.2, -0.15) is 0 Å². The third-order valence-electron chi connectivity index (χ3n) is 4.36. The Kier molecular flexibility index (Phi) is 8.87. The molecule has 1 aliphatic heterocycles. The van der Waals surface area contributed by atoms with Gasteiger partial charge in [0.25, 0.3) is 0 Å². The van der Waals surface area contributed by atoms with Gasteiger partial charge in [0, 0.05) is 19.2 Å². The van der Waals surface area contributed by atoms with E-state index < -0.39 is 0 Å². The molecule has 0 radical (unpaired) electrons. The lowest BCUT2D eigenvalue weighted by molar-refractivity contribution is -0.127. The molecule has 1 aromatic carbocycles. The number of likely N-dealkylation sites (tertiary alicyclic amines) is 1. The summed E-state index contributed by atoms with van der Waals surface area (Å²) >= 11 is 0. The number of halogens is 1. The maximum absolute atomic E-state index is 12.5. The van der Waals surface area contributed by atoms with E-state index in [1.54, 1.807) is 13.2 Å². The van der Waals surface area contributed by atoms with Gasteiger partial charge in [-0.3, -0.25) is 4.79 Å². The molecule has 0 bridgehead atoms. The van der Waals surface area contributed by atoms with E-state index in [4.69, 9.17) is 4.74 Å². The van der Waals surface area contributed by atoms with Crippen LogP contribution in [0, 0.1) is 5.92 Å². The van der Waals surface area contributed by atoms with Gasteiger partial charge in [0.2, 0.25) is 5.91 Å². The van der Waals surface area contributed by atoms with Crippen molar-refractivity contribution in [1.82, 2.24) is 10.2 Å². The molecule has 1 N–H and O–H groups in total. The molecule has 1 aliphatic rings. The minimum absolute atomic E-state index is 0. The number of rotatable bonds is 6. The van der Waals surface area contributed by atoms with Crippen molar-refractivity contribution in [3.63, 3.8) is 0 Å². The van der Waals surface area contributed by atoms with Gasteiger partial charge in [-0.05, 0) is 57.3 Å². The largest absolute Gasteiger partial charge is 0.496 e. The number of carbonyl (C=O) groups excluding carboxylic acids is 1. The van der Waals surface area contributed by atoms with Crippen LogP contribution in [0.3, 0.4) is 0 Å². The topological polar surface area (TPSA) is 41.6 Å². The van der Waals surface area contributed by atoms with E-state index in [1.807, 2.05) is 43.1 Å². The third kappa shape index (κ3) is 5.84. The van der Waals surface area contributed by atoms with Crippen LogP contribution in [-0.4, -0.2) is 44.6 Å². The molecule has 1 fully saturated rings. The summed E-state index contributed by atoms with van der Waals surface area (Å²) in [5.41, 5.74) is 2.18. The van der Waals surface area contributed by atoms with Gasteiger partial charge in [-0.25, -0.2) is 0 Å². The first kappa shape index (κ1) is 20.5. The van der Waals surface area contributed by atoms with Crippen LogP contribution < -0.4 is 10.1 Å². The highest BCUT2D eigenvalue weighted by molar-refractivity contribution is 5.88. The van der Waals surface area contributed by atoms with Crippen molar-refractivity contribution in [1.29, 1.82) is 0 Å². The summed E-state index contributed by atoms with van der Waals surface area (Å²) in [4.78, 5) is 14.5. The second-order valence-electron chi connectivity index (χ2n) is 6.33. The molecule has 4 nitrogen and oxygen atoms in total. The van der Waals surface area contributed by atoms with Gasteiger partial charge in [-0.1, -0.05) is 23.8 Å². The summed E-state index contributed by atoms with van der Waals surface area (Å²) in [7, 11) is 3.65. The Balaban J connectivity index is 0.00000288. The first-order chi connectivity index (χ1) is 11.1. The molecule has 0 aromatic heterocycles. The van der Waals surface area contributed by atoms with Gasteiger partial charge in [0.15, 0.2) is 0 Å².